The number of pyridine rings is 1. The van der Waals surface area contributed by atoms with E-state index >= 15 is 0 Å². The minimum atomic E-state index is 0.189. The fraction of sp³-hybridized carbons (Fsp3) is 0.450. The van der Waals surface area contributed by atoms with E-state index in [-0.39, 0.29) is 12.2 Å². The van der Waals surface area contributed by atoms with Crippen molar-refractivity contribution >= 4 is 0 Å². The minimum absolute atomic E-state index is 0.189. The fourth-order valence-corrected chi connectivity index (χ4v) is 3.87. The zero-order valence-corrected chi connectivity index (χ0v) is 13.9. The number of hydrogen-bond donors (Lipinski definition) is 0. The largest absolute Gasteiger partial charge is 0.373 e. The van der Waals surface area contributed by atoms with Crippen molar-refractivity contribution in [3.63, 3.8) is 0 Å². The number of fused-ring (bicyclic) bond motifs is 1. The number of rotatable bonds is 5. The molecule has 0 unspecified atom stereocenters. The predicted molar refractivity (Wildman–Crippen MR) is 92.4 cm³/mol. The molecule has 0 N–H and O–H groups in total. The minimum Gasteiger partial charge on any atom is -0.373 e. The lowest BCUT2D eigenvalue weighted by Crippen LogP contribution is -2.51. The molecule has 2 aliphatic rings. The van der Waals surface area contributed by atoms with Crippen LogP contribution in [0.3, 0.4) is 0 Å². The summed E-state index contributed by atoms with van der Waals surface area (Å²) in [5.74, 6) is 0. The highest BCUT2D eigenvalue weighted by Gasteiger charge is 2.43. The molecule has 2 heterocycles. The molecule has 4 heteroatoms. The number of nitrogens with zero attached hydrogens (tertiary/aromatic N) is 2. The molecule has 1 saturated heterocycles. The van der Waals surface area contributed by atoms with Gasteiger partial charge in [-0.1, -0.05) is 36.4 Å². The molecule has 1 aromatic heterocycles. The van der Waals surface area contributed by atoms with E-state index < -0.39 is 0 Å². The Kier molecular flexibility index (Phi) is 4.88. The number of ether oxygens (including phenoxy) is 2. The maximum atomic E-state index is 6.17. The summed E-state index contributed by atoms with van der Waals surface area (Å²) in [6.45, 7) is 3.41. The van der Waals surface area contributed by atoms with Crippen LogP contribution in [0.1, 0.15) is 24.0 Å². The Morgan fingerprint density at radius 1 is 1.08 bits per heavy atom. The Labute approximate surface area is 143 Å². The van der Waals surface area contributed by atoms with Crippen molar-refractivity contribution in [1.82, 2.24) is 9.88 Å². The Bertz CT molecular complexity index is 635. The summed E-state index contributed by atoms with van der Waals surface area (Å²) < 4.78 is 12.3. The van der Waals surface area contributed by atoms with Gasteiger partial charge in [0, 0.05) is 31.5 Å². The molecule has 0 amide bonds. The van der Waals surface area contributed by atoms with Crippen molar-refractivity contribution in [1.29, 1.82) is 0 Å². The van der Waals surface area contributed by atoms with E-state index in [1.807, 2.05) is 12.3 Å². The van der Waals surface area contributed by atoms with E-state index in [9.17, 15) is 0 Å². The summed E-state index contributed by atoms with van der Waals surface area (Å²) >= 11 is 0. The second kappa shape index (κ2) is 7.43. The van der Waals surface area contributed by atoms with E-state index in [0.717, 1.165) is 38.1 Å². The molecule has 3 atom stereocenters. The quantitative estimate of drug-likeness (QED) is 0.847. The van der Waals surface area contributed by atoms with Gasteiger partial charge in [-0.15, -0.1) is 0 Å². The summed E-state index contributed by atoms with van der Waals surface area (Å²) in [6, 6.07) is 15.2. The number of benzene rings is 1. The third-order valence-corrected chi connectivity index (χ3v) is 5.07. The molecule has 0 radical (unpaired) electrons. The van der Waals surface area contributed by atoms with Gasteiger partial charge in [0.25, 0.3) is 0 Å². The molecule has 1 aliphatic carbocycles. The Morgan fingerprint density at radius 3 is 2.79 bits per heavy atom. The van der Waals surface area contributed by atoms with Crippen LogP contribution in [-0.2, 0) is 22.6 Å². The third-order valence-electron chi connectivity index (χ3n) is 5.07. The molecule has 126 valence electrons. The van der Waals surface area contributed by atoms with Crippen molar-refractivity contribution in [2.45, 2.75) is 44.2 Å². The highest BCUT2D eigenvalue weighted by Crippen LogP contribution is 2.33. The van der Waals surface area contributed by atoms with Crippen LogP contribution in [0, 0.1) is 0 Å². The predicted octanol–water partition coefficient (Wildman–Crippen LogP) is 3.03. The van der Waals surface area contributed by atoms with Gasteiger partial charge in [-0.25, -0.2) is 0 Å². The summed E-state index contributed by atoms with van der Waals surface area (Å²) in [7, 11) is 0. The molecule has 2 aromatic rings. The first-order valence-corrected chi connectivity index (χ1v) is 8.80. The van der Waals surface area contributed by atoms with Crippen molar-refractivity contribution in [2.24, 2.45) is 0 Å². The zero-order valence-electron chi connectivity index (χ0n) is 13.9. The number of hydrogen-bond acceptors (Lipinski definition) is 4. The fourth-order valence-electron chi connectivity index (χ4n) is 3.87. The summed E-state index contributed by atoms with van der Waals surface area (Å²) in [4.78, 5) is 6.72. The first-order chi connectivity index (χ1) is 11.9. The van der Waals surface area contributed by atoms with Gasteiger partial charge in [-0.2, -0.15) is 0 Å². The van der Waals surface area contributed by atoms with Crippen molar-refractivity contribution < 1.29 is 9.47 Å². The molecule has 1 saturated carbocycles. The molecule has 0 spiro atoms. The van der Waals surface area contributed by atoms with Gasteiger partial charge in [0.2, 0.25) is 0 Å². The average molecular weight is 324 g/mol. The molecule has 24 heavy (non-hydrogen) atoms. The standard InChI is InChI=1S/C20H24N2O2/c1-2-5-16(6-3-1)14-22-11-12-23-20-18(22)8-9-19(20)24-15-17-7-4-10-21-13-17/h1-7,10,13,18-20H,8-9,11-12,14-15H2/t18-,19-,20+/m1/s1. The average Bonchev–Trinajstić information content (AvgIpc) is 3.06. The van der Waals surface area contributed by atoms with Crippen molar-refractivity contribution in [2.75, 3.05) is 13.2 Å². The highest BCUT2D eigenvalue weighted by molar-refractivity contribution is 5.15. The number of aromatic nitrogens is 1. The second-order valence-corrected chi connectivity index (χ2v) is 6.65. The first kappa shape index (κ1) is 15.8. The maximum absolute atomic E-state index is 6.17. The van der Waals surface area contributed by atoms with Gasteiger partial charge in [-0.3, -0.25) is 9.88 Å². The topological polar surface area (TPSA) is 34.6 Å². The van der Waals surface area contributed by atoms with Gasteiger partial charge in [0.1, 0.15) is 0 Å². The monoisotopic (exact) mass is 324 g/mol. The van der Waals surface area contributed by atoms with E-state index in [1.165, 1.54) is 5.56 Å². The molecule has 2 fully saturated rings. The van der Waals surface area contributed by atoms with Crippen LogP contribution in [0.25, 0.3) is 0 Å². The summed E-state index contributed by atoms with van der Waals surface area (Å²) in [6.07, 6.45) is 6.26. The SMILES string of the molecule is c1ccc(CN2CCO[C@H]3[C@H]2CC[C@H]3OCc2cccnc2)cc1. The lowest BCUT2D eigenvalue weighted by atomic mass is 10.1. The molecule has 1 aromatic carbocycles. The Balaban J connectivity index is 1.37. The third kappa shape index (κ3) is 3.51. The van der Waals surface area contributed by atoms with E-state index in [1.54, 1.807) is 6.20 Å². The molecule has 4 nitrogen and oxygen atoms in total. The Hall–Kier alpha value is -1.75. The lowest BCUT2D eigenvalue weighted by molar-refractivity contribution is -0.118. The first-order valence-electron chi connectivity index (χ1n) is 8.80. The van der Waals surface area contributed by atoms with E-state index in [0.29, 0.717) is 12.6 Å². The van der Waals surface area contributed by atoms with Crippen LogP contribution in [0.2, 0.25) is 0 Å². The molecular formula is C20H24N2O2. The van der Waals surface area contributed by atoms with Gasteiger partial charge in [0.15, 0.2) is 0 Å². The van der Waals surface area contributed by atoms with Gasteiger partial charge in [0.05, 0.1) is 25.4 Å². The van der Waals surface area contributed by atoms with Gasteiger partial charge >= 0.3 is 0 Å². The molecule has 0 bridgehead atoms. The van der Waals surface area contributed by atoms with Crippen LogP contribution < -0.4 is 0 Å². The normalized spacial score (nSPS) is 27.1. The molecule has 4 rings (SSSR count). The van der Waals surface area contributed by atoms with Crippen LogP contribution in [-0.4, -0.2) is 41.3 Å². The molecular weight excluding hydrogens is 300 g/mol. The van der Waals surface area contributed by atoms with E-state index in [4.69, 9.17) is 9.47 Å². The number of morpholine rings is 1. The highest BCUT2D eigenvalue weighted by atomic mass is 16.5. The second-order valence-electron chi connectivity index (χ2n) is 6.65. The Morgan fingerprint density at radius 2 is 1.96 bits per heavy atom. The lowest BCUT2D eigenvalue weighted by Gasteiger charge is -2.39. The summed E-state index contributed by atoms with van der Waals surface area (Å²) in [5.41, 5.74) is 2.50. The zero-order chi connectivity index (χ0) is 16.2. The maximum Gasteiger partial charge on any atom is 0.0992 e. The van der Waals surface area contributed by atoms with Crippen LogP contribution in [0.15, 0.2) is 54.9 Å². The molecule has 1 aliphatic heterocycles. The van der Waals surface area contributed by atoms with Gasteiger partial charge < -0.3 is 9.47 Å². The van der Waals surface area contributed by atoms with Crippen molar-refractivity contribution in [3.8, 4) is 0 Å². The smallest absolute Gasteiger partial charge is 0.0992 e. The van der Waals surface area contributed by atoms with Crippen LogP contribution in [0.4, 0.5) is 0 Å². The van der Waals surface area contributed by atoms with Gasteiger partial charge in [-0.05, 0) is 30.0 Å². The van der Waals surface area contributed by atoms with Crippen LogP contribution in [0.5, 0.6) is 0 Å². The van der Waals surface area contributed by atoms with Crippen molar-refractivity contribution in [3.05, 3.63) is 66.0 Å². The van der Waals surface area contributed by atoms with Crippen LogP contribution >= 0.6 is 0 Å². The van der Waals surface area contributed by atoms with E-state index in [2.05, 4.69) is 46.3 Å². The summed E-state index contributed by atoms with van der Waals surface area (Å²) in [5, 5.41) is 0.